The van der Waals surface area contributed by atoms with Crippen molar-refractivity contribution >= 4 is 6.03 Å². The van der Waals surface area contributed by atoms with Crippen molar-refractivity contribution in [3.63, 3.8) is 0 Å². The number of hydrogen-bond acceptors (Lipinski definition) is 4. The fourth-order valence-corrected chi connectivity index (χ4v) is 3.82. The first-order valence-corrected chi connectivity index (χ1v) is 9.80. The molecule has 2 aliphatic rings. The van der Waals surface area contributed by atoms with E-state index in [0.717, 1.165) is 25.7 Å². The third kappa shape index (κ3) is 5.91. The number of para-hydroxylation sites is 2. The molecular weight excluding hydrogens is 389 g/mol. The van der Waals surface area contributed by atoms with Crippen LogP contribution in [-0.2, 0) is 0 Å². The van der Waals surface area contributed by atoms with Crippen LogP contribution in [0.2, 0.25) is 0 Å². The van der Waals surface area contributed by atoms with Gasteiger partial charge in [0.1, 0.15) is 6.10 Å². The molecule has 1 aliphatic heterocycles. The first-order valence-electron chi connectivity index (χ1n) is 9.80. The minimum absolute atomic E-state index is 0.000163. The molecule has 0 aromatic heterocycles. The van der Waals surface area contributed by atoms with E-state index in [9.17, 15) is 23.1 Å². The summed E-state index contributed by atoms with van der Waals surface area (Å²) in [5, 5.41) is 13.1. The Morgan fingerprint density at radius 2 is 1.69 bits per heavy atom. The van der Waals surface area contributed by atoms with Gasteiger partial charge in [0, 0.05) is 6.04 Å². The molecule has 9 heteroatoms. The van der Waals surface area contributed by atoms with Gasteiger partial charge in [0.05, 0.1) is 18.7 Å². The molecule has 1 aromatic carbocycles. The molecule has 162 valence electrons. The lowest BCUT2D eigenvalue weighted by Crippen LogP contribution is -2.60. The van der Waals surface area contributed by atoms with E-state index in [1.165, 1.54) is 18.2 Å². The van der Waals surface area contributed by atoms with E-state index in [1.807, 2.05) is 13.8 Å². The molecule has 1 aromatic rings. The van der Waals surface area contributed by atoms with Crippen molar-refractivity contribution in [3.8, 4) is 11.5 Å². The summed E-state index contributed by atoms with van der Waals surface area (Å²) in [5.41, 5.74) is -0.705. The topological polar surface area (TPSA) is 71.0 Å². The van der Waals surface area contributed by atoms with Crippen LogP contribution in [0.1, 0.15) is 39.5 Å². The highest BCUT2D eigenvalue weighted by molar-refractivity contribution is 5.75. The largest absolute Gasteiger partial charge is 0.573 e. The Bertz CT molecular complexity index is 706. The van der Waals surface area contributed by atoms with Crippen LogP contribution in [0.4, 0.5) is 18.0 Å². The number of halogens is 3. The van der Waals surface area contributed by atoms with Gasteiger partial charge in [-0.3, -0.25) is 0 Å². The Hall–Kier alpha value is -2.16. The number of ether oxygens (including phenoxy) is 2. The first kappa shape index (κ1) is 21.5. The zero-order valence-corrected chi connectivity index (χ0v) is 16.5. The molecule has 1 saturated heterocycles. The lowest BCUT2D eigenvalue weighted by molar-refractivity contribution is -0.275. The van der Waals surface area contributed by atoms with Crippen molar-refractivity contribution < 1.29 is 32.5 Å². The van der Waals surface area contributed by atoms with Gasteiger partial charge in [0.25, 0.3) is 0 Å². The minimum atomic E-state index is -4.80. The van der Waals surface area contributed by atoms with Crippen LogP contribution in [0, 0.1) is 5.92 Å². The fraction of sp³-hybridized carbons (Fsp3) is 0.650. The van der Waals surface area contributed by atoms with Crippen LogP contribution in [0.5, 0.6) is 11.5 Å². The predicted octanol–water partition coefficient (Wildman–Crippen LogP) is 3.69. The van der Waals surface area contributed by atoms with Gasteiger partial charge in [0.2, 0.25) is 0 Å². The Balaban J connectivity index is 1.43. The molecule has 6 nitrogen and oxygen atoms in total. The van der Waals surface area contributed by atoms with Crippen molar-refractivity contribution in [3.05, 3.63) is 24.3 Å². The zero-order valence-electron chi connectivity index (χ0n) is 16.5. The standard InChI is InChI=1S/C20H27F3N2O4/c1-19(2,27)13-7-9-14(10-8-13)24-18(26)25-11-15(12-25)28-16-5-3-4-6-17(16)29-20(21,22)23/h3-6,13-15,27H,7-12H2,1-2H3,(H,24,26). The SMILES string of the molecule is CC(C)(O)C1CCC(NC(=O)N2CC(Oc3ccccc3OC(F)(F)F)C2)CC1. The monoisotopic (exact) mass is 416 g/mol. The third-order valence-electron chi connectivity index (χ3n) is 5.56. The molecule has 0 unspecified atom stereocenters. The maximum Gasteiger partial charge on any atom is 0.573 e. The number of nitrogens with zero attached hydrogens (tertiary/aromatic N) is 1. The van der Waals surface area contributed by atoms with E-state index >= 15 is 0 Å². The van der Waals surface area contributed by atoms with Gasteiger partial charge in [0.15, 0.2) is 11.5 Å². The number of rotatable bonds is 5. The lowest BCUT2D eigenvalue weighted by Gasteiger charge is -2.41. The van der Waals surface area contributed by atoms with Gasteiger partial charge in [-0.15, -0.1) is 13.2 Å². The Kier molecular flexibility index (Phi) is 6.16. The summed E-state index contributed by atoms with van der Waals surface area (Å²) in [6, 6.07) is 5.46. The highest BCUT2D eigenvalue weighted by Crippen LogP contribution is 2.34. The number of carbonyl (C=O) groups excluding carboxylic acids is 1. The summed E-state index contributed by atoms with van der Waals surface area (Å²) in [6.45, 7) is 4.22. The molecule has 1 aliphatic carbocycles. The third-order valence-corrected chi connectivity index (χ3v) is 5.56. The molecule has 1 saturated carbocycles. The Labute approximate surface area is 168 Å². The normalized spacial score (nSPS) is 23.3. The quantitative estimate of drug-likeness (QED) is 0.768. The zero-order chi connectivity index (χ0) is 21.2. The molecule has 2 amide bonds. The van der Waals surface area contributed by atoms with Crippen molar-refractivity contribution in [2.45, 2.75) is 63.6 Å². The second-order valence-corrected chi connectivity index (χ2v) is 8.29. The maximum atomic E-state index is 12.5. The number of likely N-dealkylation sites (tertiary alicyclic amines) is 1. The van der Waals surface area contributed by atoms with Gasteiger partial charge in [-0.2, -0.15) is 0 Å². The maximum absolute atomic E-state index is 12.5. The number of hydrogen-bond donors (Lipinski definition) is 2. The lowest BCUT2D eigenvalue weighted by atomic mass is 9.77. The molecule has 0 atom stereocenters. The highest BCUT2D eigenvalue weighted by Gasteiger charge is 2.37. The van der Waals surface area contributed by atoms with Gasteiger partial charge in [-0.1, -0.05) is 12.1 Å². The minimum Gasteiger partial charge on any atom is -0.483 e. The molecule has 0 spiro atoms. The van der Waals surface area contributed by atoms with Crippen LogP contribution in [0.25, 0.3) is 0 Å². The molecule has 29 heavy (non-hydrogen) atoms. The Morgan fingerprint density at radius 3 is 2.24 bits per heavy atom. The highest BCUT2D eigenvalue weighted by atomic mass is 19.4. The van der Waals surface area contributed by atoms with E-state index < -0.39 is 17.7 Å². The number of carbonyl (C=O) groups is 1. The number of nitrogens with one attached hydrogen (secondary N) is 1. The second-order valence-electron chi connectivity index (χ2n) is 8.29. The van der Waals surface area contributed by atoms with Crippen LogP contribution in [-0.4, -0.2) is 53.2 Å². The van der Waals surface area contributed by atoms with Gasteiger partial charge < -0.3 is 24.8 Å². The van der Waals surface area contributed by atoms with Crippen molar-refractivity contribution in [2.75, 3.05) is 13.1 Å². The molecule has 0 radical (unpaired) electrons. The van der Waals surface area contributed by atoms with Crippen molar-refractivity contribution in [1.29, 1.82) is 0 Å². The van der Waals surface area contributed by atoms with Crippen LogP contribution < -0.4 is 14.8 Å². The van der Waals surface area contributed by atoms with E-state index in [1.54, 1.807) is 11.0 Å². The van der Waals surface area contributed by atoms with E-state index in [2.05, 4.69) is 10.1 Å². The predicted molar refractivity (Wildman–Crippen MR) is 99.7 cm³/mol. The number of benzene rings is 1. The smallest absolute Gasteiger partial charge is 0.483 e. The van der Waals surface area contributed by atoms with Gasteiger partial charge >= 0.3 is 12.4 Å². The summed E-state index contributed by atoms with van der Waals surface area (Å²) in [5.74, 6) is -0.164. The van der Waals surface area contributed by atoms with Crippen LogP contribution in [0.3, 0.4) is 0 Å². The molecule has 3 rings (SSSR count). The molecular formula is C20H27F3N2O4. The molecule has 2 N–H and O–H groups in total. The van der Waals surface area contributed by atoms with Gasteiger partial charge in [-0.25, -0.2) is 4.79 Å². The van der Waals surface area contributed by atoms with Crippen LogP contribution >= 0.6 is 0 Å². The Morgan fingerprint density at radius 1 is 1.10 bits per heavy atom. The number of urea groups is 1. The summed E-state index contributed by atoms with van der Waals surface area (Å²) in [6.07, 6.45) is -1.83. The van der Waals surface area contributed by atoms with E-state index in [-0.39, 0.29) is 29.8 Å². The van der Waals surface area contributed by atoms with E-state index in [4.69, 9.17) is 4.74 Å². The molecule has 1 heterocycles. The van der Waals surface area contributed by atoms with E-state index in [0.29, 0.717) is 13.1 Å². The molecule has 2 fully saturated rings. The summed E-state index contributed by atoms with van der Waals surface area (Å²) in [4.78, 5) is 13.9. The average molecular weight is 416 g/mol. The summed E-state index contributed by atoms with van der Waals surface area (Å²) in [7, 11) is 0. The first-order chi connectivity index (χ1) is 13.5. The average Bonchev–Trinajstić information content (AvgIpc) is 2.57. The van der Waals surface area contributed by atoms with Crippen LogP contribution in [0.15, 0.2) is 24.3 Å². The van der Waals surface area contributed by atoms with Crippen molar-refractivity contribution in [2.24, 2.45) is 5.92 Å². The number of aliphatic hydroxyl groups is 1. The fourth-order valence-electron chi connectivity index (χ4n) is 3.82. The summed E-state index contributed by atoms with van der Waals surface area (Å²) < 4.78 is 47.0. The summed E-state index contributed by atoms with van der Waals surface area (Å²) >= 11 is 0. The second kappa shape index (κ2) is 8.30. The number of amides is 2. The molecule has 0 bridgehead atoms. The number of alkyl halides is 3. The van der Waals surface area contributed by atoms with Gasteiger partial charge in [-0.05, 0) is 57.6 Å². The van der Waals surface area contributed by atoms with Crippen molar-refractivity contribution in [1.82, 2.24) is 10.2 Å².